The van der Waals surface area contributed by atoms with Crippen LogP contribution in [0, 0.1) is 0 Å². The minimum absolute atomic E-state index is 0.0986. The lowest BCUT2D eigenvalue weighted by atomic mass is 9.33. The van der Waals surface area contributed by atoms with Gasteiger partial charge in [0, 0.05) is 50.8 Å². The van der Waals surface area contributed by atoms with Gasteiger partial charge >= 0.3 is 0 Å². The molecule has 2 aliphatic heterocycles. The lowest BCUT2D eigenvalue weighted by molar-refractivity contribution is 0.568. The van der Waals surface area contributed by atoms with Crippen LogP contribution in [0.3, 0.4) is 0 Å². The maximum atomic E-state index is 5.80. The predicted octanol–water partition coefficient (Wildman–Crippen LogP) is 20.8. The Kier molecular flexibility index (Phi) is 14.6. The van der Waals surface area contributed by atoms with Crippen LogP contribution >= 0.6 is 0 Å². The van der Waals surface area contributed by atoms with Gasteiger partial charge in [-0.1, -0.05) is 253 Å². The number of hydrogen-bond donors (Lipinski definition) is 0. The average molecular weight is 1180 g/mol. The molecule has 0 atom stereocenters. The Bertz CT molecular complexity index is 4260. The summed E-state index contributed by atoms with van der Waals surface area (Å²) in [5, 5.41) is 0. The van der Waals surface area contributed by atoms with Gasteiger partial charge in [0.05, 0.1) is 0 Å². The van der Waals surface area contributed by atoms with Crippen molar-refractivity contribution >= 4 is 57.2 Å². The van der Waals surface area contributed by atoms with E-state index in [1.54, 1.807) is 0 Å². The molecule has 0 saturated carbocycles. The molecule has 14 rings (SSSR count). The first-order valence-corrected chi connectivity index (χ1v) is 32.2. The first-order valence-electron chi connectivity index (χ1n) is 32.2. The van der Waals surface area contributed by atoms with Crippen LogP contribution in [0.5, 0.6) is 0 Å². The Balaban J connectivity index is 1.12. The summed E-state index contributed by atoms with van der Waals surface area (Å²) >= 11 is 0. The summed E-state index contributed by atoms with van der Waals surface area (Å²) in [6, 6.07) is 93.9. The minimum atomic E-state index is -0.137. The van der Waals surface area contributed by atoms with Crippen LogP contribution in [-0.2, 0) is 21.7 Å². The number of hydrogen-bond acceptors (Lipinski definition) is 5. The highest BCUT2D eigenvalue weighted by Crippen LogP contribution is 2.49. The van der Waals surface area contributed by atoms with Crippen LogP contribution in [0.1, 0.15) is 105 Å². The van der Waals surface area contributed by atoms with E-state index in [2.05, 4.69) is 348 Å². The van der Waals surface area contributed by atoms with Crippen molar-refractivity contribution in [3.63, 3.8) is 0 Å². The van der Waals surface area contributed by atoms with Gasteiger partial charge in [-0.15, -0.1) is 0 Å². The topological polar surface area (TPSA) is 45.2 Å². The third kappa shape index (κ3) is 11.3. The number of rotatable bonds is 9. The predicted molar refractivity (Wildman–Crippen MR) is 387 cm³/mol. The summed E-state index contributed by atoms with van der Waals surface area (Å²) < 4.78 is 0. The second kappa shape index (κ2) is 22.5. The average Bonchev–Trinajstić information content (AvgIpc) is 0.699. The van der Waals surface area contributed by atoms with Crippen molar-refractivity contribution < 1.29 is 0 Å². The molecule has 446 valence electrons. The normalized spacial score (nSPS) is 13.0. The minimum Gasteiger partial charge on any atom is -0.311 e. The Hall–Kier alpha value is -9.91. The van der Waals surface area contributed by atoms with Gasteiger partial charge in [-0.2, -0.15) is 0 Å². The first-order chi connectivity index (χ1) is 43.6. The van der Waals surface area contributed by atoms with Crippen molar-refractivity contribution in [2.24, 2.45) is 0 Å². The molecule has 12 aromatic rings. The van der Waals surface area contributed by atoms with Crippen LogP contribution in [0.4, 0.5) is 34.1 Å². The monoisotopic (exact) mass is 1180 g/mol. The summed E-state index contributed by atoms with van der Waals surface area (Å²) in [5.74, 6) is 1.73. The molecule has 0 radical (unpaired) electrons. The highest BCUT2D eigenvalue weighted by Gasteiger charge is 2.44. The number of anilines is 6. The van der Waals surface area contributed by atoms with Gasteiger partial charge in [-0.05, 0) is 190 Å². The Morgan fingerprint density at radius 2 is 0.495 bits per heavy atom. The Labute approximate surface area is 539 Å². The molecule has 0 bridgehead atoms. The third-order valence-electron chi connectivity index (χ3n) is 18.4. The van der Waals surface area contributed by atoms with Gasteiger partial charge in [-0.25, -0.2) is 15.0 Å². The number of nitrogens with zero attached hydrogens (tertiary/aromatic N) is 5. The number of benzene rings is 11. The molecule has 0 saturated heterocycles. The van der Waals surface area contributed by atoms with Crippen LogP contribution in [0.15, 0.2) is 255 Å². The fourth-order valence-electron chi connectivity index (χ4n) is 13.3. The van der Waals surface area contributed by atoms with E-state index in [-0.39, 0.29) is 28.4 Å². The molecule has 3 heterocycles. The van der Waals surface area contributed by atoms with Crippen LogP contribution in [-0.4, -0.2) is 21.7 Å². The summed E-state index contributed by atoms with van der Waals surface area (Å²) in [7, 11) is 0. The van der Waals surface area contributed by atoms with E-state index in [0.29, 0.717) is 17.5 Å². The SMILES string of the molecule is CC(C)(C)c1cc(N2c3ccccc3B3c4ccccc4N(c4cc(C(C)(C)C)cc(C(C)(C)C)c4)c4cc(-c5nc(-c6cc(-c7ccccc7)cc(-c7ccccc7)c6)nc(-c6cc(-c7ccccc7)cc(-c7ccccc7)c6)n5)cc2c43)cc(C(C)(C)C)c1. The highest BCUT2D eigenvalue weighted by atomic mass is 15.2. The molecule has 0 aliphatic carbocycles. The first kappa shape index (κ1) is 58.8. The van der Waals surface area contributed by atoms with Gasteiger partial charge in [-0.3, -0.25) is 0 Å². The van der Waals surface area contributed by atoms with Gasteiger partial charge in [0.25, 0.3) is 6.71 Å². The summed E-state index contributed by atoms with van der Waals surface area (Å²) in [6.45, 7) is 27.9. The second-order valence-electron chi connectivity index (χ2n) is 29.1. The molecule has 11 aromatic carbocycles. The zero-order chi connectivity index (χ0) is 63.1. The van der Waals surface area contributed by atoms with Crippen molar-refractivity contribution in [3.05, 3.63) is 277 Å². The Morgan fingerprint density at radius 1 is 0.242 bits per heavy atom. The smallest absolute Gasteiger partial charge is 0.252 e. The standard InChI is InChI=1S/C85H78BN5/c1-82(2,3)66-49-67(83(4,5)6)52-70(51-66)90-74-39-27-25-37-72(74)86-73-38-26-28-40-75(73)91(71-53-68(84(7,8)9)50-69(54-71)85(10,11)12)77-48-65(47-76(90)78(77)86)81-88-79(63-43-59(55-29-17-13-18-30-55)41-60(44-63)56-31-19-14-20-32-56)87-80(89-81)64-45-61(57-33-21-15-22-34-57)42-62(46-64)58-35-23-16-24-36-58/h13-54H,1-12H3. The maximum absolute atomic E-state index is 5.80. The molecule has 0 amide bonds. The molecule has 1 aromatic heterocycles. The van der Waals surface area contributed by atoms with E-state index in [0.717, 1.165) is 95.3 Å². The van der Waals surface area contributed by atoms with Gasteiger partial charge < -0.3 is 9.80 Å². The molecule has 0 fully saturated rings. The highest BCUT2D eigenvalue weighted by molar-refractivity contribution is 7.00. The molecule has 91 heavy (non-hydrogen) atoms. The zero-order valence-corrected chi connectivity index (χ0v) is 54.6. The van der Waals surface area contributed by atoms with Crippen LogP contribution < -0.4 is 26.2 Å². The van der Waals surface area contributed by atoms with Crippen molar-refractivity contribution in [2.75, 3.05) is 9.80 Å². The molecular weight excluding hydrogens is 1100 g/mol. The number of aromatic nitrogens is 3. The number of para-hydroxylation sites is 2. The van der Waals surface area contributed by atoms with Crippen molar-refractivity contribution in [2.45, 2.75) is 105 Å². The largest absolute Gasteiger partial charge is 0.311 e. The van der Waals surface area contributed by atoms with E-state index in [4.69, 9.17) is 15.0 Å². The van der Waals surface area contributed by atoms with Crippen LogP contribution in [0.25, 0.3) is 78.7 Å². The van der Waals surface area contributed by atoms with Crippen LogP contribution in [0.2, 0.25) is 0 Å². The maximum Gasteiger partial charge on any atom is 0.252 e. The van der Waals surface area contributed by atoms with Crippen molar-refractivity contribution in [1.29, 1.82) is 0 Å². The van der Waals surface area contributed by atoms with Crippen molar-refractivity contribution in [1.82, 2.24) is 15.0 Å². The number of fused-ring (bicyclic) bond motifs is 4. The molecule has 2 aliphatic rings. The molecule has 0 unspecified atom stereocenters. The van der Waals surface area contributed by atoms with E-state index in [1.807, 2.05) is 0 Å². The second-order valence-corrected chi connectivity index (χ2v) is 29.1. The summed E-state index contributed by atoms with van der Waals surface area (Å²) in [5.41, 5.74) is 26.4. The van der Waals surface area contributed by atoms with Gasteiger partial charge in [0.2, 0.25) is 0 Å². The van der Waals surface area contributed by atoms with Gasteiger partial charge in [0.1, 0.15) is 0 Å². The van der Waals surface area contributed by atoms with Crippen molar-refractivity contribution in [3.8, 4) is 78.7 Å². The quantitative estimate of drug-likeness (QED) is 0.135. The molecular formula is C85H78BN5. The van der Waals surface area contributed by atoms with E-state index in [1.165, 1.54) is 38.6 Å². The zero-order valence-electron chi connectivity index (χ0n) is 54.6. The fourth-order valence-corrected chi connectivity index (χ4v) is 13.3. The molecule has 5 nitrogen and oxygen atoms in total. The molecule has 0 N–H and O–H groups in total. The Morgan fingerprint density at radius 3 is 0.780 bits per heavy atom. The van der Waals surface area contributed by atoms with E-state index in [9.17, 15) is 0 Å². The summed E-state index contributed by atoms with van der Waals surface area (Å²) in [6.07, 6.45) is 0. The molecule has 6 heteroatoms. The fraction of sp³-hybridized carbons (Fsp3) is 0.188. The van der Waals surface area contributed by atoms with Gasteiger partial charge in [0.15, 0.2) is 17.5 Å². The summed E-state index contributed by atoms with van der Waals surface area (Å²) in [4.78, 5) is 22.4. The molecule has 0 spiro atoms. The third-order valence-corrected chi connectivity index (χ3v) is 18.4. The van der Waals surface area contributed by atoms with E-state index >= 15 is 0 Å². The van der Waals surface area contributed by atoms with E-state index < -0.39 is 0 Å². The lowest BCUT2D eigenvalue weighted by Crippen LogP contribution is -2.61. The lowest BCUT2D eigenvalue weighted by Gasteiger charge is -2.45.